The predicted molar refractivity (Wildman–Crippen MR) is 219 cm³/mol. The predicted octanol–water partition coefficient (Wildman–Crippen LogP) is 10.9. The van der Waals surface area contributed by atoms with Crippen molar-refractivity contribution in [2.75, 3.05) is 4.90 Å². The summed E-state index contributed by atoms with van der Waals surface area (Å²) in [6.07, 6.45) is 8.37. The van der Waals surface area contributed by atoms with Crippen LogP contribution in [0.15, 0.2) is 132 Å². The summed E-state index contributed by atoms with van der Waals surface area (Å²) < 4.78 is 8.71. The summed E-state index contributed by atoms with van der Waals surface area (Å²) >= 11 is 0. The largest absolute Gasteiger partial charge is 0.456 e. The van der Waals surface area contributed by atoms with E-state index in [0.29, 0.717) is 23.2 Å². The van der Waals surface area contributed by atoms with Crippen molar-refractivity contribution in [3.05, 3.63) is 133 Å². The first-order valence-electron chi connectivity index (χ1n) is 18.7. The number of carbonyl (C=O) groups is 2. The van der Waals surface area contributed by atoms with E-state index in [4.69, 9.17) is 19.4 Å². The van der Waals surface area contributed by atoms with Crippen LogP contribution in [0, 0.1) is 10.8 Å². The van der Waals surface area contributed by atoms with Crippen LogP contribution in [0.25, 0.3) is 77.8 Å². The van der Waals surface area contributed by atoms with Gasteiger partial charge in [0.05, 0.1) is 27.6 Å². The Morgan fingerprint density at radius 1 is 0.600 bits per heavy atom. The zero-order valence-electron chi connectivity index (χ0n) is 31.0. The van der Waals surface area contributed by atoms with E-state index in [0.717, 1.165) is 79.0 Å². The number of carbonyl (C=O) groups excluding carboxylic acids is 2. The molecule has 8 aromatic rings. The summed E-state index contributed by atoms with van der Waals surface area (Å²) in [5.74, 6) is 1.45. The molecule has 5 aromatic carbocycles. The van der Waals surface area contributed by atoms with Crippen LogP contribution < -0.4 is 4.90 Å². The summed E-state index contributed by atoms with van der Waals surface area (Å²) in [5.41, 5.74) is 6.07. The van der Waals surface area contributed by atoms with Gasteiger partial charge in [-0.15, -0.1) is 0 Å². The first-order valence-corrected chi connectivity index (χ1v) is 18.7. The molecule has 10 rings (SSSR count). The van der Waals surface area contributed by atoms with Gasteiger partial charge in [-0.1, -0.05) is 78.9 Å². The summed E-state index contributed by atoms with van der Waals surface area (Å²) in [6.45, 7) is 7.41. The summed E-state index contributed by atoms with van der Waals surface area (Å²) in [4.78, 5) is 43.8. The first-order chi connectivity index (χ1) is 26.6. The molecule has 1 saturated heterocycles. The highest BCUT2D eigenvalue weighted by molar-refractivity contribution is 6.26. The van der Waals surface area contributed by atoms with Crippen LogP contribution in [0.5, 0.6) is 0 Å². The molecule has 0 unspecified atom stereocenters. The van der Waals surface area contributed by atoms with Crippen LogP contribution >= 0.6 is 0 Å². The van der Waals surface area contributed by atoms with Crippen molar-refractivity contribution < 1.29 is 14.0 Å². The van der Waals surface area contributed by atoms with Gasteiger partial charge in [-0.25, -0.2) is 19.9 Å². The number of amides is 2. The van der Waals surface area contributed by atoms with Crippen molar-refractivity contribution in [2.45, 2.75) is 40.5 Å². The molecule has 268 valence electrons. The SMILES string of the molecule is CC1(C)C(=O)N(c2ccc3c(c2)c2ccccc2n3-c2ccc3oc4cccc(-c5nc(C6=CCCC=C6)nc(-c6ccccc6)n5)c4c3c2)C(=O)C1(C)C. The first kappa shape index (κ1) is 32.9. The fourth-order valence-corrected chi connectivity index (χ4v) is 8.06. The van der Waals surface area contributed by atoms with Gasteiger partial charge >= 0.3 is 0 Å². The number of hydrogen-bond acceptors (Lipinski definition) is 6. The lowest BCUT2D eigenvalue weighted by molar-refractivity contribution is -0.129. The molecule has 0 radical (unpaired) electrons. The van der Waals surface area contributed by atoms with Crippen LogP contribution in [0.1, 0.15) is 46.4 Å². The van der Waals surface area contributed by atoms with E-state index in [2.05, 4.69) is 53.1 Å². The number of furan rings is 1. The molecule has 8 nitrogen and oxygen atoms in total. The van der Waals surface area contributed by atoms with Crippen molar-refractivity contribution >= 4 is 66.8 Å². The minimum Gasteiger partial charge on any atom is -0.456 e. The molecule has 0 N–H and O–H groups in total. The number of nitrogens with zero attached hydrogens (tertiary/aromatic N) is 5. The molecular weight excluding hydrogens is 683 g/mol. The second-order valence-corrected chi connectivity index (χ2v) is 15.5. The molecule has 1 aliphatic carbocycles. The van der Waals surface area contributed by atoms with E-state index in [-0.39, 0.29) is 11.8 Å². The average molecular weight is 720 g/mol. The number of hydrogen-bond donors (Lipinski definition) is 0. The van der Waals surface area contributed by atoms with Gasteiger partial charge in [-0.3, -0.25) is 9.59 Å². The molecule has 0 atom stereocenters. The van der Waals surface area contributed by atoms with Crippen LogP contribution in [-0.2, 0) is 9.59 Å². The molecule has 2 amide bonds. The Labute approximate surface area is 317 Å². The maximum atomic E-state index is 13.7. The van der Waals surface area contributed by atoms with Crippen LogP contribution in [0.2, 0.25) is 0 Å². The summed E-state index contributed by atoms with van der Waals surface area (Å²) in [6, 6.07) is 36.4. The Morgan fingerprint density at radius 2 is 1.29 bits per heavy atom. The molecule has 4 heterocycles. The van der Waals surface area contributed by atoms with Gasteiger partial charge < -0.3 is 8.98 Å². The van der Waals surface area contributed by atoms with E-state index in [1.165, 1.54) is 4.90 Å². The number of rotatable bonds is 5. The van der Waals surface area contributed by atoms with Crippen LogP contribution in [-0.4, -0.2) is 31.3 Å². The van der Waals surface area contributed by atoms with Gasteiger partial charge in [-0.05, 0) is 89.1 Å². The molecule has 3 aromatic heterocycles. The molecule has 0 bridgehead atoms. The van der Waals surface area contributed by atoms with E-state index in [1.807, 2.05) is 107 Å². The smallest absolute Gasteiger partial charge is 0.240 e. The highest BCUT2D eigenvalue weighted by Gasteiger charge is 2.59. The summed E-state index contributed by atoms with van der Waals surface area (Å²) in [5, 5.41) is 3.82. The van der Waals surface area contributed by atoms with E-state index < -0.39 is 10.8 Å². The zero-order valence-corrected chi connectivity index (χ0v) is 31.0. The van der Waals surface area contributed by atoms with Crippen molar-refractivity contribution in [3.8, 4) is 28.5 Å². The lowest BCUT2D eigenvalue weighted by Gasteiger charge is -2.28. The minimum absolute atomic E-state index is 0.188. The fraction of sp³-hybridized carbons (Fsp3) is 0.170. The molecule has 0 saturated carbocycles. The number of anilines is 1. The van der Waals surface area contributed by atoms with Gasteiger partial charge in [0, 0.05) is 43.9 Å². The quantitative estimate of drug-likeness (QED) is 0.164. The number of benzene rings is 5. The van der Waals surface area contributed by atoms with Gasteiger partial charge in [-0.2, -0.15) is 0 Å². The Kier molecular flexibility index (Phi) is 7.14. The zero-order chi connectivity index (χ0) is 37.6. The highest BCUT2D eigenvalue weighted by Crippen LogP contribution is 2.49. The maximum absolute atomic E-state index is 13.7. The number of para-hydroxylation sites is 1. The van der Waals surface area contributed by atoms with Crippen LogP contribution in [0.4, 0.5) is 5.69 Å². The van der Waals surface area contributed by atoms with Gasteiger partial charge in [0.25, 0.3) is 0 Å². The lowest BCUT2D eigenvalue weighted by atomic mass is 9.70. The second-order valence-electron chi connectivity index (χ2n) is 15.5. The molecular formula is C47H37N5O3. The van der Waals surface area contributed by atoms with Crippen molar-refractivity contribution in [1.29, 1.82) is 0 Å². The Morgan fingerprint density at radius 3 is 2.07 bits per heavy atom. The minimum atomic E-state index is -0.829. The molecule has 1 aliphatic heterocycles. The summed E-state index contributed by atoms with van der Waals surface area (Å²) in [7, 11) is 0. The third-order valence-corrected chi connectivity index (χ3v) is 11.9. The average Bonchev–Trinajstić information content (AvgIpc) is 3.79. The van der Waals surface area contributed by atoms with Crippen LogP contribution in [0.3, 0.4) is 0 Å². The molecule has 2 aliphatic rings. The standard InChI is InChI=1S/C47H37N5O3/c1-46(2)44(53)52(45(54)47(46,3)4)31-22-24-37-34(26-31)32-18-11-12-20-36(32)51(37)30-23-25-38-35(27-30)40-33(19-13-21-39(40)55-38)43-49-41(28-14-7-5-8-15-28)48-42(50-43)29-16-9-6-10-17-29/h5,7-9,11-27H,6,10H2,1-4H3. The van der Waals surface area contributed by atoms with E-state index in [9.17, 15) is 9.59 Å². The van der Waals surface area contributed by atoms with Crippen molar-refractivity contribution in [2.24, 2.45) is 10.8 Å². The number of fused-ring (bicyclic) bond motifs is 6. The maximum Gasteiger partial charge on any atom is 0.240 e. The van der Waals surface area contributed by atoms with Crippen molar-refractivity contribution in [1.82, 2.24) is 19.5 Å². The third kappa shape index (κ3) is 4.87. The molecule has 1 fully saturated rings. The van der Waals surface area contributed by atoms with Gasteiger partial charge in [0.2, 0.25) is 11.8 Å². The fourth-order valence-electron chi connectivity index (χ4n) is 8.06. The van der Waals surface area contributed by atoms with Gasteiger partial charge in [0.15, 0.2) is 17.5 Å². The van der Waals surface area contributed by atoms with E-state index in [1.54, 1.807) is 0 Å². The van der Waals surface area contributed by atoms with Gasteiger partial charge in [0.1, 0.15) is 11.2 Å². The Hall–Kier alpha value is -6.67. The van der Waals surface area contributed by atoms with Crippen molar-refractivity contribution in [3.63, 3.8) is 0 Å². The number of allylic oxidation sites excluding steroid dienone is 4. The Balaban J connectivity index is 1.16. The highest BCUT2D eigenvalue weighted by atomic mass is 16.3. The lowest BCUT2D eigenvalue weighted by Crippen LogP contribution is -2.35. The molecule has 8 heteroatoms. The normalized spacial score (nSPS) is 16.6. The number of imide groups is 1. The topological polar surface area (TPSA) is 94.1 Å². The monoisotopic (exact) mass is 719 g/mol. The second kappa shape index (κ2) is 11.9. The number of aromatic nitrogens is 4. The van der Waals surface area contributed by atoms with E-state index >= 15 is 0 Å². The molecule has 55 heavy (non-hydrogen) atoms. The Bertz CT molecular complexity index is 2960. The molecule has 0 spiro atoms. The third-order valence-electron chi connectivity index (χ3n) is 11.9.